The lowest BCUT2D eigenvalue weighted by Gasteiger charge is -2.34. The number of hydrogen-bond acceptors (Lipinski definition) is 5. The Labute approximate surface area is 158 Å². The zero-order valence-corrected chi connectivity index (χ0v) is 15.8. The molecule has 3 rings (SSSR count). The highest BCUT2D eigenvalue weighted by Gasteiger charge is 2.24. The highest BCUT2D eigenvalue weighted by atomic mass is 16.5. The largest absolute Gasteiger partial charge is 0.339 e. The molecule has 8 heteroatoms. The van der Waals surface area contributed by atoms with Gasteiger partial charge in [-0.3, -0.25) is 4.79 Å². The lowest BCUT2D eigenvalue weighted by atomic mass is 10.1. The zero-order valence-electron chi connectivity index (χ0n) is 15.8. The molecule has 0 atom stereocenters. The number of hydrogen-bond donors (Lipinski definition) is 1. The predicted octanol–water partition coefficient (Wildman–Crippen LogP) is 2.31. The molecule has 0 bridgehead atoms. The van der Waals surface area contributed by atoms with Gasteiger partial charge in [0.15, 0.2) is 0 Å². The average Bonchev–Trinajstić information content (AvgIpc) is 3.14. The third-order valence-corrected chi connectivity index (χ3v) is 4.58. The number of benzene rings is 1. The summed E-state index contributed by atoms with van der Waals surface area (Å²) < 4.78 is 4.98. The van der Waals surface area contributed by atoms with Gasteiger partial charge in [-0.25, -0.2) is 4.79 Å². The second kappa shape index (κ2) is 8.66. The Hall–Kier alpha value is -2.90. The minimum Gasteiger partial charge on any atom is -0.339 e. The molecule has 144 valence electrons. The molecule has 0 saturated carbocycles. The van der Waals surface area contributed by atoms with E-state index in [2.05, 4.69) is 22.4 Å². The van der Waals surface area contributed by atoms with Crippen LogP contribution in [-0.2, 0) is 0 Å². The molecule has 2 heterocycles. The number of carbonyl (C=O) groups excluding carboxylic acids is 2. The summed E-state index contributed by atoms with van der Waals surface area (Å²) in [5.41, 5.74) is 1.41. The fraction of sp³-hybridized carbons (Fsp3) is 0.474. The van der Waals surface area contributed by atoms with Gasteiger partial charge >= 0.3 is 6.03 Å². The molecule has 0 radical (unpaired) electrons. The maximum absolute atomic E-state index is 12.7. The van der Waals surface area contributed by atoms with Crippen molar-refractivity contribution >= 4 is 11.9 Å². The molecule has 1 aliphatic rings. The summed E-state index contributed by atoms with van der Waals surface area (Å²) >= 11 is 0. The van der Waals surface area contributed by atoms with Crippen LogP contribution in [0.1, 0.15) is 36.0 Å². The Morgan fingerprint density at radius 3 is 2.37 bits per heavy atom. The predicted molar refractivity (Wildman–Crippen MR) is 100 cm³/mol. The number of urea groups is 1. The molecule has 2 aromatic rings. The van der Waals surface area contributed by atoms with Gasteiger partial charge in [-0.05, 0) is 18.6 Å². The van der Waals surface area contributed by atoms with E-state index in [-0.39, 0.29) is 11.9 Å². The number of aryl methyl sites for hydroxylation is 1. The van der Waals surface area contributed by atoms with E-state index >= 15 is 0 Å². The van der Waals surface area contributed by atoms with Crippen LogP contribution in [0.25, 0.3) is 11.4 Å². The van der Waals surface area contributed by atoms with E-state index in [4.69, 9.17) is 4.52 Å². The molecule has 3 amide bonds. The summed E-state index contributed by atoms with van der Waals surface area (Å²) in [6, 6.07) is 7.12. The van der Waals surface area contributed by atoms with Crippen LogP contribution in [0.5, 0.6) is 0 Å². The van der Waals surface area contributed by atoms with Crippen molar-refractivity contribution in [3.05, 3.63) is 35.7 Å². The first-order chi connectivity index (χ1) is 13.1. The molecule has 1 N–H and O–H groups in total. The maximum atomic E-state index is 12.7. The number of rotatable bonds is 5. The van der Waals surface area contributed by atoms with Gasteiger partial charge in [-0.1, -0.05) is 30.6 Å². The number of unbranched alkanes of at least 4 members (excludes halogenated alkanes) is 1. The minimum absolute atomic E-state index is 0.0307. The monoisotopic (exact) mass is 371 g/mol. The zero-order chi connectivity index (χ0) is 19.2. The van der Waals surface area contributed by atoms with Crippen molar-refractivity contribution < 1.29 is 14.1 Å². The normalized spacial score (nSPS) is 14.3. The van der Waals surface area contributed by atoms with E-state index in [1.165, 1.54) is 0 Å². The van der Waals surface area contributed by atoms with Crippen LogP contribution in [0, 0.1) is 6.92 Å². The Morgan fingerprint density at radius 1 is 1.11 bits per heavy atom. The van der Waals surface area contributed by atoms with Crippen molar-refractivity contribution in [3.63, 3.8) is 0 Å². The van der Waals surface area contributed by atoms with Gasteiger partial charge in [0, 0.05) is 50.8 Å². The van der Waals surface area contributed by atoms with Gasteiger partial charge in [0.05, 0.1) is 0 Å². The fourth-order valence-corrected chi connectivity index (χ4v) is 2.96. The van der Waals surface area contributed by atoms with Crippen molar-refractivity contribution in [1.29, 1.82) is 0 Å². The Bertz CT molecular complexity index is 779. The van der Waals surface area contributed by atoms with E-state index in [9.17, 15) is 9.59 Å². The fourth-order valence-electron chi connectivity index (χ4n) is 2.96. The molecule has 0 spiro atoms. The van der Waals surface area contributed by atoms with E-state index in [0.29, 0.717) is 50.0 Å². The van der Waals surface area contributed by atoms with Crippen molar-refractivity contribution in [2.24, 2.45) is 0 Å². The Kier molecular flexibility index (Phi) is 6.05. The second-order valence-electron chi connectivity index (χ2n) is 6.58. The van der Waals surface area contributed by atoms with Crippen molar-refractivity contribution in [1.82, 2.24) is 25.3 Å². The summed E-state index contributed by atoms with van der Waals surface area (Å²) in [5, 5.41) is 6.79. The number of carbonyl (C=O) groups is 2. The molecular formula is C19H25N5O3. The second-order valence-corrected chi connectivity index (χ2v) is 6.58. The van der Waals surface area contributed by atoms with Crippen LogP contribution in [0.4, 0.5) is 4.79 Å². The molecule has 1 aromatic heterocycles. The number of nitrogens with zero attached hydrogens (tertiary/aromatic N) is 4. The molecule has 27 heavy (non-hydrogen) atoms. The third-order valence-electron chi connectivity index (χ3n) is 4.58. The minimum atomic E-state index is -0.0460. The summed E-state index contributed by atoms with van der Waals surface area (Å²) in [4.78, 5) is 32.5. The van der Waals surface area contributed by atoms with Gasteiger partial charge in [0.1, 0.15) is 0 Å². The van der Waals surface area contributed by atoms with Crippen LogP contribution in [-0.4, -0.2) is 64.6 Å². The molecule has 1 aliphatic heterocycles. The topological polar surface area (TPSA) is 91.6 Å². The first-order valence-electron chi connectivity index (χ1n) is 9.31. The summed E-state index contributed by atoms with van der Waals surface area (Å²) in [7, 11) is 0. The highest BCUT2D eigenvalue weighted by Crippen LogP contribution is 2.17. The van der Waals surface area contributed by atoms with Crippen LogP contribution in [0.15, 0.2) is 28.8 Å². The molecule has 1 saturated heterocycles. The summed E-state index contributed by atoms with van der Waals surface area (Å²) in [5.74, 6) is 0.979. The Balaban J connectivity index is 1.54. The van der Waals surface area contributed by atoms with Crippen LogP contribution < -0.4 is 5.32 Å². The maximum Gasteiger partial charge on any atom is 0.317 e. The first kappa shape index (κ1) is 18.9. The van der Waals surface area contributed by atoms with E-state index < -0.39 is 0 Å². The Morgan fingerprint density at radius 2 is 1.78 bits per heavy atom. The van der Waals surface area contributed by atoms with Crippen LogP contribution >= 0.6 is 0 Å². The number of aromatic nitrogens is 2. The van der Waals surface area contributed by atoms with E-state index in [1.54, 1.807) is 28.9 Å². The lowest BCUT2D eigenvalue weighted by Crippen LogP contribution is -2.53. The molecule has 0 aliphatic carbocycles. The average molecular weight is 371 g/mol. The van der Waals surface area contributed by atoms with Crippen molar-refractivity contribution in [2.75, 3.05) is 32.7 Å². The highest BCUT2D eigenvalue weighted by molar-refractivity contribution is 5.94. The van der Waals surface area contributed by atoms with E-state index in [1.807, 2.05) is 12.1 Å². The van der Waals surface area contributed by atoms with Gasteiger partial charge in [0.25, 0.3) is 5.91 Å². The lowest BCUT2D eigenvalue weighted by molar-refractivity contribution is 0.0665. The van der Waals surface area contributed by atoms with Crippen LogP contribution in [0.2, 0.25) is 0 Å². The van der Waals surface area contributed by atoms with Gasteiger partial charge in [0.2, 0.25) is 11.7 Å². The molecule has 1 aromatic carbocycles. The smallest absolute Gasteiger partial charge is 0.317 e. The van der Waals surface area contributed by atoms with E-state index in [0.717, 1.165) is 18.4 Å². The SMILES string of the molecule is CCCCNC(=O)N1CCN(C(=O)c2ccc(-c3noc(C)n3)cc2)CC1. The van der Waals surface area contributed by atoms with Crippen molar-refractivity contribution in [2.45, 2.75) is 26.7 Å². The quantitative estimate of drug-likeness (QED) is 0.815. The van der Waals surface area contributed by atoms with Gasteiger partial charge in [-0.15, -0.1) is 0 Å². The number of amides is 3. The van der Waals surface area contributed by atoms with Gasteiger partial charge < -0.3 is 19.6 Å². The first-order valence-corrected chi connectivity index (χ1v) is 9.31. The molecule has 8 nitrogen and oxygen atoms in total. The molecule has 0 unspecified atom stereocenters. The van der Waals surface area contributed by atoms with Crippen LogP contribution in [0.3, 0.4) is 0 Å². The van der Waals surface area contributed by atoms with Crippen molar-refractivity contribution in [3.8, 4) is 11.4 Å². The number of nitrogens with one attached hydrogen (secondary N) is 1. The number of piperazine rings is 1. The summed E-state index contributed by atoms with van der Waals surface area (Å²) in [6.07, 6.45) is 2.03. The standard InChI is InChI=1S/C19H25N5O3/c1-3-4-9-20-19(26)24-12-10-23(11-13-24)18(25)16-7-5-15(6-8-16)17-21-14(2)27-22-17/h5-8H,3-4,9-13H2,1-2H3,(H,20,26). The molecule has 1 fully saturated rings. The van der Waals surface area contributed by atoms with Gasteiger partial charge in [-0.2, -0.15) is 4.98 Å². The molecular weight excluding hydrogens is 346 g/mol. The third kappa shape index (κ3) is 4.64. The summed E-state index contributed by atoms with van der Waals surface area (Å²) in [6.45, 7) is 6.68.